The number of hydrogen-bond acceptors (Lipinski definition) is 4. The van der Waals surface area contributed by atoms with E-state index in [0.717, 1.165) is 6.26 Å². The Kier molecular flexibility index (Phi) is 6.41. The smallest absolute Gasteiger partial charge is 0.212 e. The minimum absolute atomic E-state index is 0.236. The Morgan fingerprint density at radius 1 is 1.12 bits per heavy atom. The monoisotopic (exact) mass is 305 g/mol. The highest BCUT2D eigenvalue weighted by atomic mass is 35.5. The van der Waals surface area contributed by atoms with Gasteiger partial charge in [-0.2, -0.15) is 0 Å². The normalized spacial score (nSPS) is 13.9. The fourth-order valence-corrected chi connectivity index (χ4v) is 4.34. The fraction of sp³-hybridized carbons (Fsp3) is 1.00. The van der Waals surface area contributed by atoms with E-state index >= 15 is 0 Å². The van der Waals surface area contributed by atoms with Crippen molar-refractivity contribution in [2.24, 2.45) is 5.41 Å². The largest absolute Gasteiger partial charge is 0.229 e. The summed E-state index contributed by atoms with van der Waals surface area (Å²) >= 11 is 5.60. The van der Waals surface area contributed by atoms with Gasteiger partial charge in [0, 0.05) is 18.7 Å². The fourth-order valence-electron chi connectivity index (χ4n) is 0.983. The molecule has 0 heterocycles. The van der Waals surface area contributed by atoms with Crippen LogP contribution in [0.5, 0.6) is 0 Å². The Hall–Kier alpha value is 0.150. The van der Waals surface area contributed by atoms with E-state index in [2.05, 4.69) is 4.72 Å². The summed E-state index contributed by atoms with van der Waals surface area (Å²) in [5, 5.41) is 0. The molecule has 1 N–H and O–H groups in total. The number of nitrogens with one attached hydrogen (secondary N) is 1. The molecule has 0 aromatic heterocycles. The molecule has 0 atom stereocenters. The molecule has 5 nitrogen and oxygen atoms in total. The van der Waals surface area contributed by atoms with Gasteiger partial charge in [0.25, 0.3) is 0 Å². The first kappa shape index (κ1) is 17.2. The van der Waals surface area contributed by atoms with Crippen molar-refractivity contribution in [2.75, 3.05) is 30.2 Å². The zero-order valence-corrected chi connectivity index (χ0v) is 12.8. The second kappa shape index (κ2) is 6.36. The van der Waals surface area contributed by atoms with Crippen LogP contribution in [0.25, 0.3) is 0 Å². The number of rotatable bonds is 8. The molecule has 0 aliphatic heterocycles. The quantitative estimate of drug-likeness (QED) is 0.666. The second-order valence-corrected chi connectivity index (χ2v) is 9.44. The molecular weight excluding hydrogens is 286 g/mol. The molecule has 17 heavy (non-hydrogen) atoms. The molecular formula is C9H20ClNO4S2. The van der Waals surface area contributed by atoms with Gasteiger partial charge in [0.05, 0.1) is 11.5 Å². The lowest BCUT2D eigenvalue weighted by molar-refractivity contribution is 0.352. The van der Waals surface area contributed by atoms with Crippen LogP contribution in [-0.4, -0.2) is 47.0 Å². The van der Waals surface area contributed by atoms with Crippen LogP contribution in [0.15, 0.2) is 0 Å². The van der Waals surface area contributed by atoms with Gasteiger partial charge >= 0.3 is 0 Å². The Bertz CT molecular complexity index is 428. The van der Waals surface area contributed by atoms with Crippen molar-refractivity contribution in [1.82, 2.24) is 4.72 Å². The zero-order valence-electron chi connectivity index (χ0n) is 10.4. The topological polar surface area (TPSA) is 80.3 Å². The molecule has 0 aliphatic rings. The Labute approximate surface area is 109 Å². The predicted octanol–water partition coefficient (Wildman–Crippen LogP) is 0.605. The molecule has 0 radical (unpaired) electrons. The van der Waals surface area contributed by atoms with Crippen molar-refractivity contribution in [2.45, 2.75) is 20.3 Å². The Balaban J connectivity index is 4.29. The molecule has 0 aliphatic carbocycles. The highest BCUT2D eigenvalue weighted by Crippen LogP contribution is 2.19. The van der Waals surface area contributed by atoms with Crippen LogP contribution in [-0.2, 0) is 19.9 Å². The van der Waals surface area contributed by atoms with Crippen molar-refractivity contribution in [3.05, 3.63) is 0 Å². The van der Waals surface area contributed by atoms with Gasteiger partial charge in [-0.25, -0.2) is 21.6 Å². The van der Waals surface area contributed by atoms with Crippen LogP contribution >= 0.6 is 11.6 Å². The van der Waals surface area contributed by atoms with Crippen LogP contribution < -0.4 is 4.72 Å². The van der Waals surface area contributed by atoms with Gasteiger partial charge in [0.2, 0.25) is 10.0 Å². The third-order valence-corrected chi connectivity index (χ3v) is 4.98. The van der Waals surface area contributed by atoms with Gasteiger partial charge in [-0.05, 0) is 11.8 Å². The summed E-state index contributed by atoms with van der Waals surface area (Å²) in [6, 6.07) is 0. The lowest BCUT2D eigenvalue weighted by atomic mass is 9.91. The highest BCUT2D eigenvalue weighted by molar-refractivity contribution is 7.93. The average molecular weight is 306 g/mol. The number of sulfonamides is 1. The SMILES string of the molecule is CC(C)(CCCl)CNS(=O)(=O)CCS(C)(=O)=O. The molecule has 0 aromatic rings. The Morgan fingerprint density at radius 2 is 1.65 bits per heavy atom. The van der Waals surface area contributed by atoms with Crippen LogP contribution in [0, 0.1) is 5.41 Å². The second-order valence-electron chi connectivity index (χ2n) is 4.87. The minimum atomic E-state index is -3.54. The van der Waals surface area contributed by atoms with Gasteiger partial charge in [-0.15, -0.1) is 11.6 Å². The summed E-state index contributed by atoms with van der Waals surface area (Å²) in [7, 11) is -6.80. The van der Waals surface area contributed by atoms with Crippen molar-refractivity contribution in [3.63, 3.8) is 0 Å². The average Bonchev–Trinajstić information content (AvgIpc) is 2.12. The minimum Gasteiger partial charge on any atom is -0.229 e. The molecule has 0 rings (SSSR count). The van der Waals surface area contributed by atoms with E-state index in [9.17, 15) is 16.8 Å². The molecule has 8 heteroatoms. The van der Waals surface area contributed by atoms with E-state index in [-0.39, 0.29) is 17.7 Å². The standard InChI is InChI=1S/C9H20ClNO4S2/c1-9(2,4-5-10)8-11-17(14,15)7-6-16(3,12)13/h11H,4-8H2,1-3H3. The van der Waals surface area contributed by atoms with Crippen LogP contribution in [0.1, 0.15) is 20.3 Å². The maximum atomic E-state index is 11.5. The maximum Gasteiger partial charge on any atom is 0.212 e. The third kappa shape index (κ3) is 9.82. The third-order valence-electron chi connectivity index (χ3n) is 2.26. The molecule has 0 unspecified atom stereocenters. The van der Waals surface area contributed by atoms with Crippen molar-refractivity contribution < 1.29 is 16.8 Å². The number of hydrogen-bond donors (Lipinski definition) is 1. The first-order chi connectivity index (χ1) is 7.47. The number of halogens is 1. The molecule has 0 fully saturated rings. The molecule has 0 bridgehead atoms. The van der Waals surface area contributed by atoms with Gasteiger partial charge in [-0.3, -0.25) is 0 Å². The molecule has 0 aromatic carbocycles. The number of alkyl halides is 1. The van der Waals surface area contributed by atoms with Gasteiger partial charge in [0.15, 0.2) is 0 Å². The summed E-state index contributed by atoms with van der Waals surface area (Å²) in [6.45, 7) is 4.05. The first-order valence-corrected chi connectivity index (χ1v) is 9.43. The lowest BCUT2D eigenvalue weighted by Crippen LogP contribution is -2.37. The summed E-state index contributed by atoms with van der Waals surface area (Å²) in [5.41, 5.74) is -0.236. The van der Waals surface area contributed by atoms with Gasteiger partial charge in [-0.1, -0.05) is 13.8 Å². The van der Waals surface area contributed by atoms with E-state index in [0.29, 0.717) is 12.3 Å². The van der Waals surface area contributed by atoms with E-state index in [1.165, 1.54) is 0 Å². The molecule has 0 amide bonds. The van der Waals surface area contributed by atoms with Gasteiger partial charge < -0.3 is 0 Å². The highest BCUT2D eigenvalue weighted by Gasteiger charge is 2.21. The van der Waals surface area contributed by atoms with Crippen LogP contribution in [0.4, 0.5) is 0 Å². The van der Waals surface area contributed by atoms with Crippen LogP contribution in [0.3, 0.4) is 0 Å². The molecule has 0 saturated carbocycles. The summed E-state index contributed by atoms with van der Waals surface area (Å²) in [4.78, 5) is 0. The first-order valence-electron chi connectivity index (χ1n) is 5.18. The van der Waals surface area contributed by atoms with Gasteiger partial charge in [0.1, 0.15) is 9.84 Å². The Morgan fingerprint density at radius 3 is 2.06 bits per heavy atom. The predicted molar refractivity (Wildman–Crippen MR) is 70.6 cm³/mol. The maximum absolute atomic E-state index is 11.5. The van der Waals surface area contributed by atoms with E-state index in [4.69, 9.17) is 11.6 Å². The van der Waals surface area contributed by atoms with Crippen molar-refractivity contribution in [3.8, 4) is 0 Å². The van der Waals surface area contributed by atoms with Crippen molar-refractivity contribution in [1.29, 1.82) is 0 Å². The zero-order chi connectivity index (χ0) is 13.7. The van der Waals surface area contributed by atoms with Crippen LogP contribution in [0.2, 0.25) is 0 Å². The van der Waals surface area contributed by atoms with E-state index in [1.54, 1.807) is 0 Å². The molecule has 0 saturated heterocycles. The van der Waals surface area contributed by atoms with E-state index in [1.807, 2.05) is 13.8 Å². The van der Waals surface area contributed by atoms with E-state index < -0.39 is 25.6 Å². The molecule has 0 spiro atoms. The molecule has 104 valence electrons. The summed E-state index contributed by atoms with van der Waals surface area (Å²) in [6.07, 6.45) is 1.70. The number of sulfone groups is 1. The van der Waals surface area contributed by atoms with Crippen molar-refractivity contribution >= 4 is 31.5 Å². The lowest BCUT2D eigenvalue weighted by Gasteiger charge is -2.23. The summed E-state index contributed by atoms with van der Waals surface area (Å²) in [5.74, 6) is -0.306. The summed E-state index contributed by atoms with van der Waals surface area (Å²) < 4.78 is 47.2.